The van der Waals surface area contributed by atoms with Crippen molar-refractivity contribution in [1.82, 2.24) is 0 Å². The zero-order valence-corrected chi connectivity index (χ0v) is 6.75. The SMILES string of the molecule is O=C(O)CCC1(C(=O)O)CCC1. The minimum absolute atomic E-state index is 0.0354. The van der Waals surface area contributed by atoms with Gasteiger partial charge in [-0.3, -0.25) is 9.59 Å². The van der Waals surface area contributed by atoms with E-state index < -0.39 is 17.4 Å². The van der Waals surface area contributed by atoms with E-state index in [2.05, 4.69) is 0 Å². The third-order valence-electron chi connectivity index (χ3n) is 2.58. The first-order valence-corrected chi connectivity index (χ1v) is 4.02. The zero-order valence-electron chi connectivity index (χ0n) is 6.75. The molecule has 4 nitrogen and oxygen atoms in total. The van der Waals surface area contributed by atoms with Gasteiger partial charge in [0.15, 0.2) is 0 Å². The van der Waals surface area contributed by atoms with Gasteiger partial charge in [-0.05, 0) is 19.3 Å². The number of aliphatic carboxylic acids is 2. The molecule has 4 heteroatoms. The van der Waals surface area contributed by atoms with Crippen molar-refractivity contribution >= 4 is 11.9 Å². The molecule has 0 radical (unpaired) electrons. The maximum absolute atomic E-state index is 10.7. The van der Waals surface area contributed by atoms with Crippen LogP contribution < -0.4 is 0 Å². The van der Waals surface area contributed by atoms with Crippen LogP contribution in [0.1, 0.15) is 32.1 Å². The molecule has 0 unspecified atom stereocenters. The number of rotatable bonds is 4. The Morgan fingerprint density at radius 3 is 2.08 bits per heavy atom. The molecule has 0 aromatic heterocycles. The fraction of sp³-hybridized carbons (Fsp3) is 0.750. The van der Waals surface area contributed by atoms with Crippen LogP contribution in [0.15, 0.2) is 0 Å². The molecular formula is C8H12O4. The van der Waals surface area contributed by atoms with Gasteiger partial charge >= 0.3 is 11.9 Å². The van der Waals surface area contributed by atoms with Crippen molar-refractivity contribution in [3.63, 3.8) is 0 Å². The minimum atomic E-state index is -0.914. The molecule has 1 fully saturated rings. The Kier molecular flexibility index (Phi) is 2.35. The second-order valence-electron chi connectivity index (χ2n) is 3.33. The predicted molar refractivity (Wildman–Crippen MR) is 40.8 cm³/mol. The number of carboxylic acids is 2. The molecule has 0 heterocycles. The highest BCUT2D eigenvalue weighted by atomic mass is 16.4. The van der Waals surface area contributed by atoms with Crippen LogP contribution in [0.3, 0.4) is 0 Å². The lowest BCUT2D eigenvalue weighted by molar-refractivity contribution is -0.156. The van der Waals surface area contributed by atoms with E-state index in [1.165, 1.54) is 0 Å². The molecule has 1 aliphatic rings. The number of hydrogen-bond donors (Lipinski definition) is 2. The van der Waals surface area contributed by atoms with E-state index in [1.54, 1.807) is 0 Å². The van der Waals surface area contributed by atoms with Crippen molar-refractivity contribution in [3.8, 4) is 0 Å². The van der Waals surface area contributed by atoms with Gasteiger partial charge in [0.05, 0.1) is 5.41 Å². The lowest BCUT2D eigenvalue weighted by Gasteiger charge is -2.37. The molecule has 1 saturated carbocycles. The molecule has 1 rings (SSSR count). The maximum atomic E-state index is 10.7. The van der Waals surface area contributed by atoms with E-state index >= 15 is 0 Å². The summed E-state index contributed by atoms with van der Waals surface area (Å²) >= 11 is 0. The van der Waals surface area contributed by atoms with Crippen LogP contribution in [-0.4, -0.2) is 22.2 Å². The Morgan fingerprint density at radius 1 is 1.25 bits per heavy atom. The van der Waals surface area contributed by atoms with Gasteiger partial charge in [-0.15, -0.1) is 0 Å². The highest BCUT2D eigenvalue weighted by Gasteiger charge is 2.44. The van der Waals surface area contributed by atoms with Gasteiger partial charge in [-0.2, -0.15) is 0 Å². The lowest BCUT2D eigenvalue weighted by Crippen LogP contribution is -2.38. The summed E-state index contributed by atoms with van der Waals surface area (Å²) < 4.78 is 0. The summed E-state index contributed by atoms with van der Waals surface area (Å²) in [6.45, 7) is 0. The first kappa shape index (κ1) is 9.03. The Balaban J connectivity index is 2.45. The van der Waals surface area contributed by atoms with Gasteiger partial charge < -0.3 is 10.2 Å². The highest BCUT2D eigenvalue weighted by molar-refractivity contribution is 5.77. The summed E-state index contributed by atoms with van der Waals surface area (Å²) in [5.74, 6) is -1.75. The summed E-state index contributed by atoms with van der Waals surface area (Å²) in [4.78, 5) is 20.9. The van der Waals surface area contributed by atoms with Crippen LogP contribution in [-0.2, 0) is 9.59 Å². The molecule has 0 amide bonds. The molecule has 0 aliphatic heterocycles. The van der Waals surface area contributed by atoms with Gasteiger partial charge in [0.1, 0.15) is 0 Å². The first-order valence-electron chi connectivity index (χ1n) is 4.02. The molecule has 1 aliphatic carbocycles. The Labute approximate surface area is 70.2 Å². The Bertz CT molecular complexity index is 205. The topological polar surface area (TPSA) is 74.6 Å². The fourth-order valence-electron chi connectivity index (χ4n) is 1.52. The average molecular weight is 172 g/mol. The summed E-state index contributed by atoms with van der Waals surface area (Å²) in [5.41, 5.74) is -0.710. The summed E-state index contributed by atoms with van der Waals surface area (Å²) in [5, 5.41) is 17.2. The van der Waals surface area contributed by atoms with Gasteiger partial charge in [0.25, 0.3) is 0 Å². The zero-order chi connectivity index (χ0) is 9.19. The summed E-state index contributed by atoms with van der Waals surface area (Å²) in [6, 6.07) is 0. The fourth-order valence-corrected chi connectivity index (χ4v) is 1.52. The van der Waals surface area contributed by atoms with Gasteiger partial charge in [0, 0.05) is 6.42 Å². The number of carboxylic acid groups (broad SMARTS) is 2. The second-order valence-corrected chi connectivity index (χ2v) is 3.33. The molecule has 12 heavy (non-hydrogen) atoms. The van der Waals surface area contributed by atoms with Crippen molar-refractivity contribution < 1.29 is 19.8 Å². The first-order chi connectivity index (χ1) is 5.57. The van der Waals surface area contributed by atoms with E-state index in [-0.39, 0.29) is 12.8 Å². The molecule has 0 saturated heterocycles. The molecule has 0 aromatic carbocycles. The van der Waals surface area contributed by atoms with Gasteiger partial charge in [0.2, 0.25) is 0 Å². The van der Waals surface area contributed by atoms with E-state index in [1.807, 2.05) is 0 Å². The third-order valence-corrected chi connectivity index (χ3v) is 2.58. The molecule has 0 aromatic rings. The Morgan fingerprint density at radius 2 is 1.83 bits per heavy atom. The standard InChI is InChI=1S/C8H12O4/c9-6(10)2-5-8(7(11)12)3-1-4-8/h1-5H2,(H,9,10)(H,11,12). The van der Waals surface area contributed by atoms with Crippen LogP contribution in [0.5, 0.6) is 0 Å². The summed E-state index contributed by atoms with van der Waals surface area (Å²) in [7, 11) is 0. The van der Waals surface area contributed by atoms with E-state index in [4.69, 9.17) is 10.2 Å². The molecule has 0 bridgehead atoms. The van der Waals surface area contributed by atoms with E-state index in [0.29, 0.717) is 12.8 Å². The molecule has 0 spiro atoms. The van der Waals surface area contributed by atoms with Crippen LogP contribution in [0.2, 0.25) is 0 Å². The van der Waals surface area contributed by atoms with Crippen LogP contribution in [0, 0.1) is 5.41 Å². The van der Waals surface area contributed by atoms with Gasteiger partial charge in [-0.1, -0.05) is 6.42 Å². The van der Waals surface area contributed by atoms with Crippen molar-refractivity contribution in [3.05, 3.63) is 0 Å². The molecule has 68 valence electrons. The van der Waals surface area contributed by atoms with E-state index in [0.717, 1.165) is 6.42 Å². The third kappa shape index (κ3) is 1.57. The molecule has 0 atom stereocenters. The normalized spacial score (nSPS) is 19.7. The van der Waals surface area contributed by atoms with Crippen LogP contribution in [0.4, 0.5) is 0 Å². The van der Waals surface area contributed by atoms with Crippen molar-refractivity contribution in [2.45, 2.75) is 32.1 Å². The van der Waals surface area contributed by atoms with Crippen molar-refractivity contribution in [1.29, 1.82) is 0 Å². The predicted octanol–water partition coefficient (Wildman–Crippen LogP) is 1.11. The quantitative estimate of drug-likeness (QED) is 0.666. The average Bonchev–Trinajstić information content (AvgIpc) is 1.83. The second kappa shape index (κ2) is 3.13. The van der Waals surface area contributed by atoms with Crippen molar-refractivity contribution in [2.24, 2.45) is 5.41 Å². The van der Waals surface area contributed by atoms with Gasteiger partial charge in [-0.25, -0.2) is 0 Å². The smallest absolute Gasteiger partial charge is 0.309 e. The monoisotopic (exact) mass is 172 g/mol. The van der Waals surface area contributed by atoms with Crippen LogP contribution >= 0.6 is 0 Å². The molecule has 2 N–H and O–H groups in total. The number of hydrogen-bond acceptors (Lipinski definition) is 2. The summed E-state index contributed by atoms with van der Waals surface area (Å²) in [6.07, 6.45) is 2.42. The lowest BCUT2D eigenvalue weighted by atomic mass is 9.66. The molecular weight excluding hydrogens is 160 g/mol. The Hall–Kier alpha value is -1.06. The number of carbonyl (C=O) groups is 2. The highest BCUT2D eigenvalue weighted by Crippen LogP contribution is 2.44. The van der Waals surface area contributed by atoms with Crippen LogP contribution in [0.25, 0.3) is 0 Å². The minimum Gasteiger partial charge on any atom is -0.481 e. The van der Waals surface area contributed by atoms with E-state index in [9.17, 15) is 9.59 Å². The maximum Gasteiger partial charge on any atom is 0.309 e. The van der Waals surface area contributed by atoms with Crippen molar-refractivity contribution in [2.75, 3.05) is 0 Å². The largest absolute Gasteiger partial charge is 0.481 e.